The molecule has 0 unspecified atom stereocenters. The van der Waals surface area contributed by atoms with Crippen molar-refractivity contribution < 1.29 is 19.4 Å². The van der Waals surface area contributed by atoms with Crippen LogP contribution in [0.25, 0.3) is 0 Å². The van der Waals surface area contributed by atoms with Gasteiger partial charge in [-0.15, -0.1) is 0 Å². The zero-order valence-electron chi connectivity index (χ0n) is 11.9. The molecule has 1 aliphatic rings. The van der Waals surface area contributed by atoms with Crippen LogP contribution < -0.4 is 10.6 Å². The summed E-state index contributed by atoms with van der Waals surface area (Å²) in [6.07, 6.45) is 2.17. The molecule has 0 aliphatic heterocycles. The maximum absolute atomic E-state index is 11.6. The Balaban J connectivity index is 2.30. The van der Waals surface area contributed by atoms with Crippen LogP contribution in [0.1, 0.15) is 40.0 Å². The molecule has 1 aliphatic carbocycles. The van der Waals surface area contributed by atoms with E-state index in [-0.39, 0.29) is 12.6 Å². The van der Waals surface area contributed by atoms with Gasteiger partial charge in [0, 0.05) is 19.7 Å². The van der Waals surface area contributed by atoms with Gasteiger partial charge >= 0.3 is 12.0 Å². The maximum Gasteiger partial charge on any atom is 0.314 e. The summed E-state index contributed by atoms with van der Waals surface area (Å²) in [7, 11) is 0. The number of hydrogen-bond donors (Lipinski definition) is 3. The largest absolute Gasteiger partial charge is 0.481 e. The SMILES string of the molecule is CCOC(C)(C)CNC(=O)NCC1(C(=O)O)CCC1. The monoisotopic (exact) mass is 272 g/mol. The zero-order chi connectivity index (χ0) is 14.5. The van der Waals surface area contributed by atoms with E-state index in [2.05, 4.69) is 10.6 Å². The molecule has 0 radical (unpaired) electrons. The number of ether oxygens (including phenoxy) is 1. The van der Waals surface area contributed by atoms with Gasteiger partial charge in [-0.2, -0.15) is 0 Å². The van der Waals surface area contributed by atoms with Gasteiger partial charge in [0.05, 0.1) is 11.0 Å². The van der Waals surface area contributed by atoms with E-state index in [4.69, 9.17) is 9.84 Å². The molecule has 19 heavy (non-hydrogen) atoms. The van der Waals surface area contributed by atoms with Crippen LogP contribution in [0.3, 0.4) is 0 Å². The standard InChI is InChI=1S/C13H24N2O4/c1-4-19-12(2,3)8-14-11(18)15-9-13(10(16)17)6-5-7-13/h4-9H2,1-3H3,(H,16,17)(H2,14,15,18). The number of carboxylic acid groups (broad SMARTS) is 1. The molecule has 0 bridgehead atoms. The van der Waals surface area contributed by atoms with Gasteiger partial charge in [-0.05, 0) is 33.6 Å². The average molecular weight is 272 g/mol. The number of urea groups is 1. The molecule has 1 fully saturated rings. The summed E-state index contributed by atoms with van der Waals surface area (Å²) in [6, 6.07) is -0.347. The molecule has 1 rings (SSSR count). The molecule has 0 saturated heterocycles. The quantitative estimate of drug-likeness (QED) is 0.653. The molecule has 1 saturated carbocycles. The Morgan fingerprint density at radius 2 is 1.95 bits per heavy atom. The number of rotatable bonds is 7. The Morgan fingerprint density at radius 3 is 2.37 bits per heavy atom. The topological polar surface area (TPSA) is 87.7 Å². The Labute approximate surface area is 113 Å². The number of aliphatic carboxylic acids is 1. The third-order valence-electron chi connectivity index (χ3n) is 3.56. The molecular formula is C13H24N2O4. The highest BCUT2D eigenvalue weighted by molar-refractivity contribution is 5.78. The fraction of sp³-hybridized carbons (Fsp3) is 0.846. The number of carboxylic acids is 1. The Hall–Kier alpha value is -1.30. The first-order valence-corrected chi connectivity index (χ1v) is 6.70. The van der Waals surface area contributed by atoms with Crippen LogP contribution in [-0.4, -0.2) is 42.4 Å². The van der Waals surface area contributed by atoms with Crippen LogP contribution in [0.15, 0.2) is 0 Å². The third kappa shape index (κ3) is 4.38. The number of carbonyl (C=O) groups excluding carboxylic acids is 1. The van der Waals surface area contributed by atoms with Crippen molar-refractivity contribution >= 4 is 12.0 Å². The number of nitrogens with one attached hydrogen (secondary N) is 2. The van der Waals surface area contributed by atoms with Gasteiger partial charge < -0.3 is 20.5 Å². The average Bonchev–Trinajstić information content (AvgIpc) is 2.24. The first-order valence-electron chi connectivity index (χ1n) is 6.70. The van der Waals surface area contributed by atoms with Crippen molar-refractivity contribution in [3.8, 4) is 0 Å². The molecule has 2 amide bonds. The Morgan fingerprint density at radius 1 is 1.32 bits per heavy atom. The minimum Gasteiger partial charge on any atom is -0.481 e. The third-order valence-corrected chi connectivity index (χ3v) is 3.56. The molecule has 6 heteroatoms. The smallest absolute Gasteiger partial charge is 0.314 e. The maximum atomic E-state index is 11.6. The van der Waals surface area contributed by atoms with Crippen molar-refractivity contribution in [2.45, 2.75) is 45.6 Å². The summed E-state index contributed by atoms with van der Waals surface area (Å²) in [5, 5.41) is 14.5. The summed E-state index contributed by atoms with van der Waals surface area (Å²) in [6.45, 7) is 6.83. The number of amides is 2. The zero-order valence-corrected chi connectivity index (χ0v) is 11.9. The van der Waals surface area contributed by atoms with Crippen molar-refractivity contribution in [3.63, 3.8) is 0 Å². The predicted molar refractivity (Wildman–Crippen MR) is 71.0 cm³/mol. The van der Waals surface area contributed by atoms with Gasteiger partial charge in [0.1, 0.15) is 0 Å². The van der Waals surface area contributed by atoms with E-state index in [0.29, 0.717) is 26.0 Å². The molecule has 0 heterocycles. The molecular weight excluding hydrogens is 248 g/mol. The summed E-state index contributed by atoms with van der Waals surface area (Å²) < 4.78 is 5.46. The highest BCUT2D eigenvalue weighted by Gasteiger charge is 2.44. The fourth-order valence-corrected chi connectivity index (χ4v) is 2.12. The lowest BCUT2D eigenvalue weighted by Crippen LogP contribution is -2.51. The highest BCUT2D eigenvalue weighted by atomic mass is 16.5. The van der Waals surface area contributed by atoms with Crippen molar-refractivity contribution in [2.24, 2.45) is 5.41 Å². The molecule has 0 spiro atoms. The lowest BCUT2D eigenvalue weighted by molar-refractivity contribution is -0.153. The summed E-state index contributed by atoms with van der Waals surface area (Å²) >= 11 is 0. The number of carbonyl (C=O) groups is 2. The van der Waals surface area contributed by atoms with E-state index in [1.54, 1.807) is 0 Å². The second-order valence-electron chi connectivity index (χ2n) is 5.67. The Kier molecular flexibility index (Phi) is 5.17. The van der Waals surface area contributed by atoms with E-state index in [1.807, 2.05) is 20.8 Å². The minimum atomic E-state index is -0.825. The molecule has 0 aromatic heterocycles. The normalized spacial score (nSPS) is 17.4. The predicted octanol–water partition coefficient (Wildman–Crippen LogP) is 1.36. The van der Waals surface area contributed by atoms with Crippen molar-refractivity contribution in [1.29, 1.82) is 0 Å². The molecule has 0 aromatic rings. The fourth-order valence-electron chi connectivity index (χ4n) is 2.12. The lowest BCUT2D eigenvalue weighted by Gasteiger charge is -2.37. The molecule has 3 N–H and O–H groups in total. The summed E-state index contributed by atoms with van der Waals surface area (Å²) in [5.74, 6) is -0.825. The van der Waals surface area contributed by atoms with E-state index < -0.39 is 17.0 Å². The molecule has 6 nitrogen and oxygen atoms in total. The van der Waals surface area contributed by atoms with E-state index in [9.17, 15) is 9.59 Å². The van der Waals surface area contributed by atoms with Crippen LogP contribution in [0.4, 0.5) is 4.79 Å². The van der Waals surface area contributed by atoms with Crippen molar-refractivity contribution in [3.05, 3.63) is 0 Å². The van der Waals surface area contributed by atoms with Crippen LogP contribution >= 0.6 is 0 Å². The summed E-state index contributed by atoms with van der Waals surface area (Å²) in [4.78, 5) is 22.8. The van der Waals surface area contributed by atoms with Crippen LogP contribution in [0.5, 0.6) is 0 Å². The van der Waals surface area contributed by atoms with Crippen LogP contribution in [0.2, 0.25) is 0 Å². The Bertz CT molecular complexity index is 338. The van der Waals surface area contributed by atoms with E-state index in [0.717, 1.165) is 6.42 Å². The molecule has 110 valence electrons. The minimum absolute atomic E-state index is 0.184. The van der Waals surface area contributed by atoms with Gasteiger partial charge in [-0.25, -0.2) is 4.79 Å². The van der Waals surface area contributed by atoms with Gasteiger partial charge in [0.2, 0.25) is 0 Å². The van der Waals surface area contributed by atoms with Gasteiger partial charge in [0.25, 0.3) is 0 Å². The second-order valence-corrected chi connectivity index (χ2v) is 5.67. The highest BCUT2D eigenvalue weighted by Crippen LogP contribution is 2.40. The van der Waals surface area contributed by atoms with Crippen molar-refractivity contribution in [2.75, 3.05) is 19.7 Å². The second kappa shape index (κ2) is 6.23. The van der Waals surface area contributed by atoms with Crippen LogP contribution in [0, 0.1) is 5.41 Å². The lowest BCUT2D eigenvalue weighted by atomic mass is 9.69. The van der Waals surface area contributed by atoms with E-state index in [1.165, 1.54) is 0 Å². The van der Waals surface area contributed by atoms with E-state index >= 15 is 0 Å². The summed E-state index contributed by atoms with van der Waals surface area (Å²) in [5.41, 5.74) is -1.18. The first kappa shape index (κ1) is 15.8. The van der Waals surface area contributed by atoms with Gasteiger partial charge in [0.15, 0.2) is 0 Å². The van der Waals surface area contributed by atoms with Gasteiger partial charge in [-0.1, -0.05) is 6.42 Å². The first-order chi connectivity index (χ1) is 8.81. The van der Waals surface area contributed by atoms with Gasteiger partial charge in [-0.3, -0.25) is 4.79 Å². The number of hydrogen-bond acceptors (Lipinski definition) is 3. The van der Waals surface area contributed by atoms with Crippen molar-refractivity contribution in [1.82, 2.24) is 10.6 Å². The van der Waals surface area contributed by atoms with Crippen LogP contribution in [-0.2, 0) is 9.53 Å². The molecule has 0 atom stereocenters. The molecule has 0 aromatic carbocycles.